The first-order valence-electron chi connectivity index (χ1n) is 9.58. The Kier molecular flexibility index (Phi) is 6.32. The molecule has 0 aromatic heterocycles. The minimum Gasteiger partial charge on any atom is -0.340 e. The normalized spacial score (nSPS) is 23.1. The van der Waals surface area contributed by atoms with Crippen LogP contribution in [0.2, 0.25) is 0 Å². The molecule has 2 heterocycles. The molecule has 0 N–H and O–H groups in total. The lowest BCUT2D eigenvalue weighted by Crippen LogP contribution is -2.53. The molecule has 2 aliphatic rings. The Balaban J connectivity index is 1.63. The lowest BCUT2D eigenvalue weighted by atomic mass is 9.98. The fourth-order valence-electron chi connectivity index (χ4n) is 3.87. The molecule has 2 saturated heterocycles. The quantitative estimate of drug-likeness (QED) is 0.780. The summed E-state index contributed by atoms with van der Waals surface area (Å²) in [7, 11) is -3.52. The van der Waals surface area contributed by atoms with Gasteiger partial charge in [0.1, 0.15) is 0 Å². The van der Waals surface area contributed by atoms with E-state index in [-0.39, 0.29) is 11.8 Å². The van der Waals surface area contributed by atoms with Gasteiger partial charge < -0.3 is 4.90 Å². The van der Waals surface area contributed by atoms with Gasteiger partial charge in [-0.1, -0.05) is 25.1 Å². The van der Waals surface area contributed by atoms with Gasteiger partial charge in [-0.25, -0.2) is 8.42 Å². The monoisotopic (exact) mass is 379 g/mol. The van der Waals surface area contributed by atoms with E-state index in [9.17, 15) is 13.2 Å². The van der Waals surface area contributed by atoms with Gasteiger partial charge >= 0.3 is 0 Å². The molecule has 1 amide bonds. The summed E-state index contributed by atoms with van der Waals surface area (Å²) in [5.41, 5.74) is 0. The van der Waals surface area contributed by atoms with Crippen LogP contribution in [0, 0.1) is 5.92 Å². The lowest BCUT2D eigenvalue weighted by Gasteiger charge is -2.38. The van der Waals surface area contributed by atoms with Crippen LogP contribution >= 0.6 is 0 Å². The highest BCUT2D eigenvalue weighted by Crippen LogP contribution is 2.25. The third-order valence-corrected chi connectivity index (χ3v) is 7.22. The van der Waals surface area contributed by atoms with E-state index in [1.807, 2.05) is 4.90 Å². The van der Waals surface area contributed by atoms with Gasteiger partial charge in [0.05, 0.1) is 10.8 Å². The molecule has 1 aromatic carbocycles. The van der Waals surface area contributed by atoms with Crippen molar-refractivity contribution in [2.45, 2.75) is 31.1 Å². The van der Waals surface area contributed by atoms with Crippen LogP contribution in [0.4, 0.5) is 0 Å². The van der Waals surface area contributed by atoms with Crippen molar-refractivity contribution in [2.24, 2.45) is 5.92 Å². The molecule has 0 saturated carbocycles. The van der Waals surface area contributed by atoms with Crippen LogP contribution in [0.3, 0.4) is 0 Å². The van der Waals surface area contributed by atoms with Gasteiger partial charge in [0, 0.05) is 39.3 Å². The lowest BCUT2D eigenvalue weighted by molar-refractivity contribution is -0.138. The first kappa shape index (κ1) is 19.3. The van der Waals surface area contributed by atoms with Gasteiger partial charge in [-0.2, -0.15) is 4.31 Å². The Morgan fingerprint density at radius 1 is 1.08 bits per heavy atom. The second-order valence-electron chi connectivity index (χ2n) is 7.18. The van der Waals surface area contributed by atoms with Crippen molar-refractivity contribution in [3.63, 3.8) is 0 Å². The summed E-state index contributed by atoms with van der Waals surface area (Å²) in [4.78, 5) is 17.5. The molecular formula is C19H29N3O3S. The van der Waals surface area contributed by atoms with Gasteiger partial charge in [-0.05, 0) is 37.9 Å². The number of benzene rings is 1. The molecule has 6 nitrogen and oxygen atoms in total. The van der Waals surface area contributed by atoms with Gasteiger partial charge in [0.2, 0.25) is 15.9 Å². The first-order valence-corrected chi connectivity index (χ1v) is 11.0. The van der Waals surface area contributed by atoms with Crippen LogP contribution in [-0.2, 0) is 14.8 Å². The van der Waals surface area contributed by atoms with E-state index in [2.05, 4.69) is 11.8 Å². The van der Waals surface area contributed by atoms with Crippen LogP contribution in [-0.4, -0.2) is 74.2 Å². The van der Waals surface area contributed by atoms with E-state index < -0.39 is 10.0 Å². The van der Waals surface area contributed by atoms with Crippen molar-refractivity contribution in [3.8, 4) is 0 Å². The Hall–Kier alpha value is -1.44. The number of carbonyl (C=O) groups is 1. The van der Waals surface area contributed by atoms with Crippen molar-refractivity contribution < 1.29 is 13.2 Å². The number of amides is 1. The zero-order chi connectivity index (χ0) is 18.6. The van der Waals surface area contributed by atoms with Crippen molar-refractivity contribution in [1.29, 1.82) is 0 Å². The number of piperidine rings is 1. The summed E-state index contributed by atoms with van der Waals surface area (Å²) in [5.74, 6) is -0.103. The number of rotatable bonds is 5. The van der Waals surface area contributed by atoms with Crippen molar-refractivity contribution in [3.05, 3.63) is 30.3 Å². The van der Waals surface area contributed by atoms with Gasteiger partial charge in [0.15, 0.2) is 0 Å². The van der Waals surface area contributed by atoms with E-state index in [1.54, 1.807) is 30.3 Å². The Bertz CT molecular complexity index is 700. The Morgan fingerprint density at radius 3 is 2.42 bits per heavy atom. The number of hydrogen-bond donors (Lipinski definition) is 0. The average Bonchev–Trinajstić information content (AvgIpc) is 2.69. The smallest absolute Gasteiger partial charge is 0.243 e. The summed E-state index contributed by atoms with van der Waals surface area (Å²) in [6, 6.07) is 8.51. The molecule has 1 atom stereocenters. The minimum absolute atomic E-state index is 0.120. The molecule has 0 aliphatic carbocycles. The highest BCUT2D eigenvalue weighted by molar-refractivity contribution is 7.89. The highest BCUT2D eigenvalue weighted by atomic mass is 32.2. The maximum atomic E-state index is 12.9. The predicted molar refractivity (Wildman–Crippen MR) is 101 cm³/mol. The molecule has 0 spiro atoms. The van der Waals surface area contributed by atoms with Crippen LogP contribution < -0.4 is 0 Å². The second-order valence-corrected chi connectivity index (χ2v) is 9.12. The van der Waals surface area contributed by atoms with Crippen molar-refractivity contribution >= 4 is 15.9 Å². The standard InChI is InChI=1S/C19H29N3O3S/c1-2-10-20-12-14-21(15-13-20)19(23)17-7-6-11-22(16-17)26(24,25)18-8-4-3-5-9-18/h3-5,8-9,17H,2,6-7,10-16H2,1H3/t17-/m1/s1. The van der Waals surface area contributed by atoms with E-state index >= 15 is 0 Å². The summed E-state index contributed by atoms with van der Waals surface area (Å²) in [5, 5.41) is 0. The average molecular weight is 380 g/mol. The summed E-state index contributed by atoms with van der Waals surface area (Å²) in [6.45, 7) is 7.37. The number of carbonyl (C=O) groups excluding carboxylic acids is 1. The zero-order valence-electron chi connectivity index (χ0n) is 15.5. The summed E-state index contributed by atoms with van der Waals surface area (Å²) >= 11 is 0. The molecular weight excluding hydrogens is 350 g/mol. The van der Waals surface area contributed by atoms with E-state index in [4.69, 9.17) is 0 Å². The van der Waals surface area contributed by atoms with E-state index in [0.717, 1.165) is 52.0 Å². The second kappa shape index (κ2) is 8.50. The van der Waals surface area contributed by atoms with Gasteiger partial charge in [-0.3, -0.25) is 9.69 Å². The van der Waals surface area contributed by atoms with Crippen molar-refractivity contribution in [1.82, 2.24) is 14.1 Å². The van der Waals surface area contributed by atoms with Gasteiger partial charge in [0.25, 0.3) is 0 Å². The zero-order valence-corrected chi connectivity index (χ0v) is 16.3. The summed E-state index contributed by atoms with van der Waals surface area (Å²) in [6.07, 6.45) is 2.63. The maximum absolute atomic E-state index is 12.9. The van der Waals surface area contributed by atoms with Crippen LogP contribution in [0.15, 0.2) is 35.2 Å². The fourth-order valence-corrected chi connectivity index (χ4v) is 5.41. The molecule has 3 rings (SSSR count). The third-order valence-electron chi connectivity index (χ3n) is 5.34. The molecule has 1 aromatic rings. The van der Waals surface area contributed by atoms with E-state index in [0.29, 0.717) is 18.0 Å². The first-order chi connectivity index (χ1) is 12.5. The number of sulfonamides is 1. The third kappa shape index (κ3) is 4.27. The number of piperazine rings is 1. The molecule has 2 aliphatic heterocycles. The number of hydrogen-bond acceptors (Lipinski definition) is 4. The summed E-state index contributed by atoms with van der Waals surface area (Å²) < 4.78 is 27.2. The molecule has 0 radical (unpaired) electrons. The topological polar surface area (TPSA) is 60.9 Å². The Morgan fingerprint density at radius 2 is 1.77 bits per heavy atom. The van der Waals surface area contributed by atoms with Crippen LogP contribution in [0.5, 0.6) is 0 Å². The van der Waals surface area contributed by atoms with Gasteiger partial charge in [-0.15, -0.1) is 0 Å². The fraction of sp³-hybridized carbons (Fsp3) is 0.632. The Labute approximate surface area is 156 Å². The number of nitrogens with zero attached hydrogens (tertiary/aromatic N) is 3. The van der Waals surface area contributed by atoms with Crippen LogP contribution in [0.25, 0.3) is 0 Å². The molecule has 144 valence electrons. The van der Waals surface area contributed by atoms with E-state index in [1.165, 1.54) is 4.31 Å². The van der Waals surface area contributed by atoms with Crippen LogP contribution in [0.1, 0.15) is 26.2 Å². The SMILES string of the molecule is CCCN1CCN(C(=O)[C@@H]2CCCN(S(=O)(=O)c3ccccc3)C2)CC1. The minimum atomic E-state index is -3.52. The molecule has 0 bridgehead atoms. The molecule has 26 heavy (non-hydrogen) atoms. The molecule has 7 heteroatoms. The molecule has 2 fully saturated rings. The maximum Gasteiger partial charge on any atom is 0.243 e. The highest BCUT2D eigenvalue weighted by Gasteiger charge is 2.35. The largest absolute Gasteiger partial charge is 0.340 e. The molecule has 0 unspecified atom stereocenters. The predicted octanol–water partition coefficient (Wildman–Crippen LogP) is 1.64. The van der Waals surface area contributed by atoms with Crippen molar-refractivity contribution in [2.75, 3.05) is 45.8 Å².